The average molecular weight is 719 g/mol. The maximum atomic E-state index is 14.7. The Morgan fingerprint density at radius 3 is 1.87 bits per heavy atom. The van der Waals surface area contributed by atoms with E-state index < -0.39 is 29.3 Å². The van der Waals surface area contributed by atoms with Gasteiger partial charge in [-0.05, 0) is 68.5 Å². The van der Waals surface area contributed by atoms with Gasteiger partial charge < -0.3 is 25.2 Å². The molecule has 0 aliphatic carbocycles. The summed E-state index contributed by atoms with van der Waals surface area (Å²) in [6.45, 7) is 9.15. The Hall–Kier alpha value is -5.44. The summed E-state index contributed by atoms with van der Waals surface area (Å²) in [5, 5.41) is 7.74. The fourth-order valence-electron chi connectivity index (χ4n) is 6.21. The highest BCUT2D eigenvalue weighted by molar-refractivity contribution is 5.98. The number of benzene rings is 4. The molecule has 0 saturated heterocycles. The van der Waals surface area contributed by atoms with Gasteiger partial charge in [0.05, 0.1) is 0 Å². The number of amides is 4. The lowest BCUT2D eigenvalue weighted by Gasteiger charge is -2.35. The van der Waals surface area contributed by atoms with Gasteiger partial charge in [0.25, 0.3) is 0 Å². The summed E-state index contributed by atoms with van der Waals surface area (Å²) in [7, 11) is 4.83. The molecule has 9 nitrogen and oxygen atoms in total. The molecule has 0 heterocycles. The Kier molecular flexibility index (Phi) is 13.6. The fourth-order valence-corrected chi connectivity index (χ4v) is 6.21. The Balaban J connectivity index is 1.72. The third kappa shape index (κ3) is 11.8. The quantitative estimate of drug-likeness (QED) is 0.138. The van der Waals surface area contributed by atoms with E-state index in [1.54, 1.807) is 41.9 Å². The first-order chi connectivity index (χ1) is 25.1. The molecule has 0 saturated carbocycles. The summed E-state index contributed by atoms with van der Waals surface area (Å²) in [4.78, 5) is 58.4. The third-order valence-electron chi connectivity index (χ3n) is 9.16. The molecule has 4 aromatic carbocycles. The van der Waals surface area contributed by atoms with Crippen molar-refractivity contribution in [3.8, 4) is 0 Å². The van der Waals surface area contributed by atoms with Gasteiger partial charge in [-0.25, -0.2) is 4.79 Å². The predicted molar refractivity (Wildman–Crippen MR) is 211 cm³/mol. The van der Waals surface area contributed by atoms with Gasteiger partial charge in [0.1, 0.15) is 17.7 Å². The lowest BCUT2D eigenvalue weighted by molar-refractivity contribution is -0.146. The van der Waals surface area contributed by atoms with Crippen LogP contribution < -0.4 is 10.6 Å². The number of carbonyl (C=O) groups excluding carboxylic acids is 4. The van der Waals surface area contributed by atoms with E-state index in [2.05, 4.69) is 10.6 Å². The number of ether oxygens (including phenoxy) is 1. The second-order valence-electron chi connectivity index (χ2n) is 15.2. The van der Waals surface area contributed by atoms with Gasteiger partial charge in [0.15, 0.2) is 0 Å². The number of hydrogen-bond acceptors (Lipinski definition) is 5. The van der Waals surface area contributed by atoms with Crippen molar-refractivity contribution in [2.45, 2.75) is 83.5 Å². The van der Waals surface area contributed by atoms with Crippen molar-refractivity contribution in [2.75, 3.05) is 21.1 Å². The molecule has 9 heteroatoms. The minimum absolute atomic E-state index is 0.229. The number of alkyl carbamates (subject to hydrolysis) is 1. The van der Waals surface area contributed by atoms with E-state index in [0.29, 0.717) is 24.8 Å². The van der Waals surface area contributed by atoms with Crippen LogP contribution in [0.2, 0.25) is 0 Å². The molecule has 4 rings (SSSR count). The zero-order chi connectivity index (χ0) is 38.8. The number of likely N-dealkylation sites (N-methyl/N-ethyl adjacent to an activating group) is 3. The molecule has 0 bridgehead atoms. The molecule has 0 aliphatic rings. The lowest BCUT2D eigenvalue weighted by Crippen LogP contribution is -2.56. The van der Waals surface area contributed by atoms with Crippen molar-refractivity contribution in [3.05, 3.63) is 131 Å². The molecule has 280 valence electrons. The van der Waals surface area contributed by atoms with Gasteiger partial charge in [-0.15, -0.1) is 0 Å². The molecule has 0 aromatic heterocycles. The molecule has 2 N–H and O–H groups in total. The highest BCUT2D eigenvalue weighted by atomic mass is 16.6. The van der Waals surface area contributed by atoms with Gasteiger partial charge in [-0.2, -0.15) is 0 Å². The van der Waals surface area contributed by atoms with E-state index in [-0.39, 0.29) is 24.1 Å². The van der Waals surface area contributed by atoms with Crippen LogP contribution in [0.15, 0.2) is 115 Å². The second-order valence-corrected chi connectivity index (χ2v) is 15.2. The number of carbonyl (C=O) groups is 4. The molecular formula is C44H54N4O5. The Labute approximate surface area is 314 Å². The zero-order valence-corrected chi connectivity index (χ0v) is 32.3. The van der Waals surface area contributed by atoms with Crippen LogP contribution in [-0.2, 0) is 38.4 Å². The van der Waals surface area contributed by atoms with Gasteiger partial charge in [-0.1, -0.05) is 109 Å². The van der Waals surface area contributed by atoms with Gasteiger partial charge in [0.2, 0.25) is 17.7 Å². The largest absolute Gasteiger partial charge is 0.444 e. The predicted octanol–water partition coefficient (Wildman–Crippen LogP) is 6.89. The van der Waals surface area contributed by atoms with Gasteiger partial charge >= 0.3 is 6.09 Å². The number of nitrogens with one attached hydrogen (secondary N) is 2. The van der Waals surface area contributed by atoms with Crippen molar-refractivity contribution in [1.82, 2.24) is 20.4 Å². The van der Waals surface area contributed by atoms with Crippen LogP contribution in [0.5, 0.6) is 0 Å². The number of rotatable bonds is 14. The summed E-state index contributed by atoms with van der Waals surface area (Å²) in [6, 6.07) is 31.5. The topological polar surface area (TPSA) is 108 Å². The monoisotopic (exact) mass is 718 g/mol. The summed E-state index contributed by atoms with van der Waals surface area (Å²) in [6.07, 6.45) is 2.47. The van der Waals surface area contributed by atoms with E-state index in [4.69, 9.17) is 4.74 Å². The fraction of sp³-hybridized carbons (Fsp3) is 0.364. The van der Waals surface area contributed by atoms with Crippen molar-refractivity contribution in [1.29, 1.82) is 0 Å². The van der Waals surface area contributed by atoms with Crippen LogP contribution in [0, 0.1) is 0 Å². The van der Waals surface area contributed by atoms with Crippen LogP contribution in [0.4, 0.5) is 4.79 Å². The Morgan fingerprint density at radius 1 is 0.698 bits per heavy atom. The van der Waals surface area contributed by atoms with Crippen LogP contribution >= 0.6 is 0 Å². The van der Waals surface area contributed by atoms with E-state index in [9.17, 15) is 19.2 Å². The minimum Gasteiger partial charge on any atom is -0.444 e. The van der Waals surface area contributed by atoms with Crippen molar-refractivity contribution in [2.24, 2.45) is 0 Å². The first kappa shape index (κ1) is 40.3. The molecule has 53 heavy (non-hydrogen) atoms. The zero-order valence-electron chi connectivity index (χ0n) is 32.3. The van der Waals surface area contributed by atoms with Gasteiger partial charge in [-0.3, -0.25) is 14.4 Å². The Bertz CT molecular complexity index is 1900. The van der Waals surface area contributed by atoms with Crippen LogP contribution in [0.3, 0.4) is 0 Å². The highest BCUT2D eigenvalue weighted by Crippen LogP contribution is 2.23. The van der Waals surface area contributed by atoms with E-state index in [1.807, 2.05) is 123 Å². The molecule has 0 radical (unpaired) electrons. The van der Waals surface area contributed by atoms with Crippen molar-refractivity contribution >= 4 is 34.6 Å². The Morgan fingerprint density at radius 2 is 1.26 bits per heavy atom. The third-order valence-corrected chi connectivity index (χ3v) is 9.16. The minimum atomic E-state index is -0.941. The first-order valence-corrected chi connectivity index (χ1v) is 18.1. The van der Waals surface area contributed by atoms with E-state index in [1.165, 1.54) is 9.80 Å². The SMILES string of the molecule is CNC(=O)C(Cc1ccccc1)N(C)C(=O)C(Cc1ccc2ccccc2c1)N(C)C(=O)C(=CCC(C)(C)NC(=O)OC(C)(C)C)Cc1ccccc1. The molecule has 2 unspecified atom stereocenters. The number of nitrogens with zero attached hydrogens (tertiary/aromatic N) is 2. The normalized spacial score (nSPS) is 13.1. The molecule has 0 aliphatic heterocycles. The average Bonchev–Trinajstić information content (AvgIpc) is 3.12. The number of hydrogen-bond donors (Lipinski definition) is 2. The van der Waals surface area contributed by atoms with Crippen LogP contribution in [0.1, 0.15) is 57.7 Å². The summed E-state index contributed by atoms with van der Waals surface area (Å²) < 4.78 is 5.49. The summed E-state index contributed by atoms with van der Waals surface area (Å²) >= 11 is 0. The molecule has 4 amide bonds. The highest BCUT2D eigenvalue weighted by Gasteiger charge is 2.36. The van der Waals surface area contributed by atoms with Crippen molar-refractivity contribution in [3.63, 3.8) is 0 Å². The molecule has 2 atom stereocenters. The lowest BCUT2D eigenvalue weighted by atomic mass is 9.94. The standard InChI is InChI=1S/C44H54N4O5/c1-43(2,3)53-42(52)46-44(4,5)26-25-36(27-31-17-11-9-12-18-31)40(50)48(8)38(30-33-23-24-34-21-15-16-22-35(34)28-33)41(51)47(7)37(39(49)45-6)29-32-19-13-10-14-20-32/h9-25,28,37-38H,26-27,29-30H2,1-8H3,(H,45,49)(H,46,52). The molecule has 0 fully saturated rings. The molecule has 4 aromatic rings. The second kappa shape index (κ2) is 17.9. The summed E-state index contributed by atoms with van der Waals surface area (Å²) in [5.41, 5.74) is 1.78. The summed E-state index contributed by atoms with van der Waals surface area (Å²) in [5.74, 6) is -0.981. The maximum Gasteiger partial charge on any atom is 0.408 e. The maximum absolute atomic E-state index is 14.7. The first-order valence-electron chi connectivity index (χ1n) is 18.1. The smallest absolute Gasteiger partial charge is 0.408 e. The van der Waals surface area contributed by atoms with Crippen molar-refractivity contribution < 1.29 is 23.9 Å². The van der Waals surface area contributed by atoms with E-state index >= 15 is 0 Å². The molecule has 0 spiro atoms. The van der Waals surface area contributed by atoms with Crippen LogP contribution in [-0.4, -0.2) is 78.0 Å². The van der Waals surface area contributed by atoms with Crippen LogP contribution in [0.25, 0.3) is 10.8 Å². The van der Waals surface area contributed by atoms with E-state index in [0.717, 1.165) is 27.5 Å². The number of fused-ring (bicyclic) bond motifs is 1. The van der Waals surface area contributed by atoms with Gasteiger partial charge in [0, 0.05) is 51.5 Å². The molecular weight excluding hydrogens is 665 g/mol.